The van der Waals surface area contributed by atoms with Crippen LogP contribution in [0.4, 0.5) is 4.79 Å². The zero-order valence-electron chi connectivity index (χ0n) is 11.9. The first-order valence-corrected chi connectivity index (χ1v) is 8.04. The third-order valence-corrected chi connectivity index (χ3v) is 4.46. The maximum Gasteiger partial charge on any atom is 0.327 e. The van der Waals surface area contributed by atoms with Crippen molar-refractivity contribution >= 4 is 52.5 Å². The average Bonchev–Trinajstić information content (AvgIpc) is 2.79. The maximum atomic E-state index is 12.2. The van der Waals surface area contributed by atoms with E-state index in [1.807, 2.05) is 30.3 Å². The zero-order valence-corrected chi connectivity index (χ0v) is 14.3. The van der Waals surface area contributed by atoms with E-state index in [0.717, 1.165) is 11.1 Å². The van der Waals surface area contributed by atoms with Crippen LogP contribution in [0, 0.1) is 0 Å². The lowest BCUT2D eigenvalue weighted by Gasteiger charge is -2.14. The molecule has 0 aromatic heterocycles. The number of carbonyl (C=O) groups is 1. The minimum absolute atomic E-state index is 0.247. The van der Waals surface area contributed by atoms with E-state index in [-0.39, 0.29) is 6.03 Å². The Morgan fingerprint density at radius 2 is 1.78 bits per heavy atom. The summed E-state index contributed by atoms with van der Waals surface area (Å²) in [6, 6.07) is 14.4. The maximum absolute atomic E-state index is 12.2. The van der Waals surface area contributed by atoms with Gasteiger partial charge in [-0.2, -0.15) is 0 Å². The molecule has 1 aliphatic rings. The Morgan fingerprint density at radius 1 is 1.09 bits per heavy atom. The summed E-state index contributed by atoms with van der Waals surface area (Å²) in [7, 11) is 0. The highest BCUT2D eigenvalue weighted by molar-refractivity contribution is 7.80. The summed E-state index contributed by atoms with van der Waals surface area (Å²) in [5, 5.41) is 4.04. The van der Waals surface area contributed by atoms with Crippen LogP contribution in [0.2, 0.25) is 10.0 Å². The highest BCUT2D eigenvalue weighted by Crippen LogP contribution is 2.22. The highest BCUT2D eigenvalue weighted by atomic mass is 35.5. The molecule has 0 atom stereocenters. The van der Waals surface area contributed by atoms with E-state index in [1.165, 1.54) is 4.90 Å². The van der Waals surface area contributed by atoms with Crippen molar-refractivity contribution < 1.29 is 4.79 Å². The summed E-state index contributed by atoms with van der Waals surface area (Å²) in [6.45, 7) is 0.391. The standard InChI is InChI=1S/C17H12Cl2N2OS/c18-13-7-5-11(6-8-13)10-21-16(23)15(20-17(21)22)9-12-3-1-2-4-14(12)19/h1-9H,10H2,(H,20,22)/b15-9+. The summed E-state index contributed by atoms with van der Waals surface area (Å²) in [4.78, 5) is 14.1. The predicted octanol–water partition coefficient (Wildman–Crippen LogP) is 4.89. The monoisotopic (exact) mass is 362 g/mol. The lowest BCUT2D eigenvalue weighted by Crippen LogP contribution is -2.29. The van der Waals surface area contributed by atoms with Crippen molar-refractivity contribution in [2.24, 2.45) is 0 Å². The Balaban J connectivity index is 1.82. The van der Waals surface area contributed by atoms with E-state index in [9.17, 15) is 4.79 Å². The van der Waals surface area contributed by atoms with Crippen LogP contribution >= 0.6 is 35.4 Å². The van der Waals surface area contributed by atoms with Gasteiger partial charge in [0.05, 0.1) is 12.2 Å². The van der Waals surface area contributed by atoms with Gasteiger partial charge in [-0.15, -0.1) is 0 Å². The fourth-order valence-corrected chi connectivity index (χ4v) is 2.81. The second-order valence-electron chi connectivity index (χ2n) is 5.03. The Kier molecular flexibility index (Phi) is 4.66. The number of benzene rings is 2. The Hall–Kier alpha value is -1.88. The Labute approximate surface area is 149 Å². The largest absolute Gasteiger partial charge is 0.327 e. The van der Waals surface area contributed by atoms with E-state index in [0.29, 0.717) is 27.3 Å². The van der Waals surface area contributed by atoms with E-state index in [4.69, 9.17) is 35.4 Å². The quantitative estimate of drug-likeness (QED) is 0.622. The van der Waals surface area contributed by atoms with Crippen molar-refractivity contribution in [3.05, 3.63) is 75.4 Å². The fraction of sp³-hybridized carbons (Fsp3) is 0.0588. The van der Waals surface area contributed by atoms with Crippen LogP contribution in [0.3, 0.4) is 0 Å². The van der Waals surface area contributed by atoms with Gasteiger partial charge >= 0.3 is 6.03 Å². The molecule has 2 aromatic rings. The molecule has 1 aliphatic heterocycles. The number of hydrogen-bond donors (Lipinski definition) is 1. The summed E-state index contributed by atoms with van der Waals surface area (Å²) in [5.74, 6) is 0. The van der Waals surface area contributed by atoms with Crippen LogP contribution in [0.5, 0.6) is 0 Å². The molecule has 1 saturated heterocycles. The number of nitrogens with one attached hydrogen (secondary N) is 1. The van der Waals surface area contributed by atoms with E-state index >= 15 is 0 Å². The van der Waals surface area contributed by atoms with Gasteiger partial charge in [0.25, 0.3) is 0 Å². The summed E-state index contributed by atoms with van der Waals surface area (Å²) < 4.78 is 0. The van der Waals surface area contributed by atoms with Gasteiger partial charge < -0.3 is 5.32 Å². The second kappa shape index (κ2) is 6.71. The first-order chi connectivity index (χ1) is 11.0. The average molecular weight is 363 g/mol. The number of amides is 2. The first kappa shape index (κ1) is 16.0. The predicted molar refractivity (Wildman–Crippen MR) is 97.6 cm³/mol. The van der Waals surface area contributed by atoms with Crippen LogP contribution in [0.1, 0.15) is 11.1 Å². The molecule has 0 bridgehead atoms. The van der Waals surface area contributed by atoms with Crippen LogP contribution in [0.25, 0.3) is 6.08 Å². The third kappa shape index (κ3) is 3.55. The number of urea groups is 1. The highest BCUT2D eigenvalue weighted by Gasteiger charge is 2.30. The van der Waals surface area contributed by atoms with Crippen molar-refractivity contribution in [1.82, 2.24) is 10.2 Å². The van der Waals surface area contributed by atoms with Gasteiger partial charge in [0, 0.05) is 10.0 Å². The third-order valence-electron chi connectivity index (χ3n) is 3.42. The fourth-order valence-electron chi connectivity index (χ4n) is 2.24. The zero-order chi connectivity index (χ0) is 16.4. The van der Waals surface area contributed by atoms with Gasteiger partial charge in [0.2, 0.25) is 0 Å². The van der Waals surface area contributed by atoms with Crippen LogP contribution in [-0.2, 0) is 6.54 Å². The number of nitrogens with zero attached hydrogens (tertiary/aromatic N) is 1. The number of carbonyl (C=O) groups excluding carboxylic acids is 1. The molecule has 3 nitrogen and oxygen atoms in total. The number of thiocarbonyl (C=S) groups is 1. The van der Waals surface area contributed by atoms with Crippen molar-refractivity contribution in [2.75, 3.05) is 0 Å². The molecule has 1 fully saturated rings. The summed E-state index contributed by atoms with van der Waals surface area (Å²) >= 11 is 17.4. The summed E-state index contributed by atoms with van der Waals surface area (Å²) in [5.41, 5.74) is 2.33. The van der Waals surface area contributed by atoms with Crippen LogP contribution < -0.4 is 5.32 Å². The topological polar surface area (TPSA) is 32.3 Å². The molecular weight excluding hydrogens is 351 g/mol. The number of hydrogen-bond acceptors (Lipinski definition) is 2. The normalized spacial score (nSPS) is 16.1. The molecule has 0 unspecified atom stereocenters. The number of rotatable bonds is 3. The molecule has 0 saturated carbocycles. The van der Waals surface area contributed by atoms with Gasteiger partial charge in [-0.05, 0) is 35.4 Å². The minimum atomic E-state index is -0.247. The van der Waals surface area contributed by atoms with Gasteiger partial charge in [-0.3, -0.25) is 4.90 Å². The molecular formula is C17H12Cl2N2OS. The molecule has 1 heterocycles. The molecule has 2 aromatic carbocycles. The molecule has 0 aliphatic carbocycles. The molecule has 116 valence electrons. The summed E-state index contributed by atoms with van der Waals surface area (Å²) in [6.07, 6.45) is 1.78. The second-order valence-corrected chi connectivity index (χ2v) is 6.26. The van der Waals surface area contributed by atoms with Crippen molar-refractivity contribution in [3.63, 3.8) is 0 Å². The van der Waals surface area contributed by atoms with E-state index in [1.54, 1.807) is 24.3 Å². The number of halogens is 2. The van der Waals surface area contributed by atoms with Crippen molar-refractivity contribution in [2.45, 2.75) is 6.54 Å². The van der Waals surface area contributed by atoms with Crippen LogP contribution in [0.15, 0.2) is 54.2 Å². The SMILES string of the molecule is O=C1N/C(=C/c2ccccc2Cl)C(=S)N1Cc1ccc(Cl)cc1. The van der Waals surface area contributed by atoms with Crippen LogP contribution in [-0.4, -0.2) is 15.9 Å². The van der Waals surface area contributed by atoms with Crippen molar-refractivity contribution in [3.8, 4) is 0 Å². The molecule has 3 rings (SSSR count). The molecule has 2 amide bonds. The Bertz CT molecular complexity index is 802. The van der Waals surface area contributed by atoms with Crippen molar-refractivity contribution in [1.29, 1.82) is 0 Å². The molecule has 23 heavy (non-hydrogen) atoms. The molecule has 6 heteroatoms. The van der Waals surface area contributed by atoms with Gasteiger partial charge in [-0.25, -0.2) is 4.79 Å². The smallest absolute Gasteiger partial charge is 0.305 e. The molecule has 1 N–H and O–H groups in total. The lowest BCUT2D eigenvalue weighted by atomic mass is 10.2. The first-order valence-electron chi connectivity index (χ1n) is 6.88. The minimum Gasteiger partial charge on any atom is -0.305 e. The van der Waals surface area contributed by atoms with E-state index in [2.05, 4.69) is 5.32 Å². The lowest BCUT2D eigenvalue weighted by molar-refractivity contribution is 0.228. The van der Waals surface area contributed by atoms with Gasteiger partial charge in [0.15, 0.2) is 0 Å². The van der Waals surface area contributed by atoms with Gasteiger partial charge in [-0.1, -0.05) is 65.8 Å². The van der Waals surface area contributed by atoms with E-state index < -0.39 is 0 Å². The van der Waals surface area contributed by atoms with Gasteiger partial charge in [0.1, 0.15) is 4.99 Å². The molecule has 0 spiro atoms. The molecule has 0 radical (unpaired) electrons. The Morgan fingerprint density at radius 3 is 2.48 bits per heavy atom.